The first-order valence-corrected chi connectivity index (χ1v) is 5.82. The first kappa shape index (κ1) is 12.2. The summed E-state index contributed by atoms with van der Waals surface area (Å²) in [5.41, 5.74) is 2.22. The Morgan fingerprint density at radius 2 is 2.13 bits per heavy atom. The van der Waals surface area contributed by atoms with Gasteiger partial charge >= 0.3 is 0 Å². The minimum atomic E-state index is 0.0791. The van der Waals surface area contributed by atoms with Gasteiger partial charge in [0.2, 0.25) is 5.91 Å². The molecule has 15 heavy (non-hydrogen) atoms. The van der Waals surface area contributed by atoms with Gasteiger partial charge < -0.3 is 5.32 Å². The molecule has 0 saturated heterocycles. The highest BCUT2D eigenvalue weighted by Crippen LogP contribution is 2.16. The van der Waals surface area contributed by atoms with Gasteiger partial charge in [-0.2, -0.15) is 0 Å². The second kappa shape index (κ2) is 5.31. The Morgan fingerprint density at radius 3 is 2.67 bits per heavy atom. The number of benzene rings is 1. The van der Waals surface area contributed by atoms with Crippen molar-refractivity contribution in [2.75, 3.05) is 0 Å². The predicted octanol–water partition coefficient (Wildman–Crippen LogP) is 2.82. The largest absolute Gasteiger partial charge is 0.354 e. The molecular weight excluding hydrogens is 254 g/mol. The third kappa shape index (κ3) is 4.04. The SMILES string of the molecule is Cc1cc(Br)ccc1CC(=O)NC(C)C. The van der Waals surface area contributed by atoms with Gasteiger partial charge in [0.25, 0.3) is 0 Å². The summed E-state index contributed by atoms with van der Waals surface area (Å²) >= 11 is 3.40. The van der Waals surface area contributed by atoms with Gasteiger partial charge in [-0.25, -0.2) is 0 Å². The molecule has 0 spiro atoms. The Bertz CT molecular complexity index is 361. The Kier molecular flexibility index (Phi) is 4.33. The minimum Gasteiger partial charge on any atom is -0.354 e. The summed E-state index contributed by atoms with van der Waals surface area (Å²) in [6.07, 6.45) is 0.456. The highest BCUT2D eigenvalue weighted by Gasteiger charge is 2.06. The van der Waals surface area contributed by atoms with Crippen LogP contribution in [0.5, 0.6) is 0 Å². The van der Waals surface area contributed by atoms with Crippen molar-refractivity contribution >= 4 is 21.8 Å². The molecule has 0 atom stereocenters. The van der Waals surface area contributed by atoms with Crippen LogP contribution in [0.4, 0.5) is 0 Å². The van der Waals surface area contributed by atoms with Crippen LogP contribution in [0.3, 0.4) is 0 Å². The van der Waals surface area contributed by atoms with E-state index in [2.05, 4.69) is 21.2 Å². The maximum absolute atomic E-state index is 11.5. The van der Waals surface area contributed by atoms with E-state index in [1.54, 1.807) is 0 Å². The zero-order chi connectivity index (χ0) is 11.4. The number of hydrogen-bond donors (Lipinski definition) is 1. The molecule has 82 valence electrons. The number of nitrogens with one attached hydrogen (secondary N) is 1. The quantitative estimate of drug-likeness (QED) is 0.899. The van der Waals surface area contributed by atoms with Crippen molar-refractivity contribution in [3.63, 3.8) is 0 Å². The average Bonchev–Trinajstić information content (AvgIpc) is 2.08. The number of halogens is 1. The van der Waals surface area contributed by atoms with Gasteiger partial charge in [0.05, 0.1) is 6.42 Å². The fourth-order valence-electron chi connectivity index (χ4n) is 1.40. The van der Waals surface area contributed by atoms with Gasteiger partial charge in [-0.3, -0.25) is 4.79 Å². The third-order valence-corrected chi connectivity index (χ3v) is 2.60. The van der Waals surface area contributed by atoms with Crippen molar-refractivity contribution in [2.24, 2.45) is 0 Å². The zero-order valence-electron chi connectivity index (χ0n) is 9.30. The van der Waals surface area contributed by atoms with Gasteiger partial charge in [-0.15, -0.1) is 0 Å². The van der Waals surface area contributed by atoms with E-state index in [-0.39, 0.29) is 11.9 Å². The molecule has 0 aliphatic carbocycles. The average molecular weight is 270 g/mol. The number of hydrogen-bond acceptors (Lipinski definition) is 1. The Balaban J connectivity index is 2.68. The van der Waals surface area contributed by atoms with Crippen molar-refractivity contribution < 1.29 is 4.79 Å². The van der Waals surface area contributed by atoms with Gasteiger partial charge in [0.1, 0.15) is 0 Å². The van der Waals surface area contributed by atoms with E-state index >= 15 is 0 Å². The summed E-state index contributed by atoms with van der Waals surface area (Å²) in [5, 5.41) is 2.88. The van der Waals surface area contributed by atoms with E-state index in [1.165, 1.54) is 0 Å². The van der Waals surface area contributed by atoms with Gasteiger partial charge in [0.15, 0.2) is 0 Å². The lowest BCUT2D eigenvalue weighted by Crippen LogP contribution is -2.31. The van der Waals surface area contributed by atoms with Crippen LogP contribution in [0.1, 0.15) is 25.0 Å². The molecule has 1 rings (SSSR count). The lowest BCUT2D eigenvalue weighted by Gasteiger charge is -2.10. The molecule has 0 unspecified atom stereocenters. The molecule has 1 N–H and O–H groups in total. The standard InChI is InChI=1S/C12H16BrNO/c1-8(2)14-12(15)7-10-4-5-11(13)6-9(10)3/h4-6,8H,7H2,1-3H3,(H,14,15). The molecule has 0 fully saturated rings. The second-order valence-corrected chi connectivity index (χ2v) is 4.89. The summed E-state index contributed by atoms with van der Waals surface area (Å²) in [6.45, 7) is 5.95. The maximum atomic E-state index is 11.5. The van der Waals surface area contributed by atoms with Gasteiger partial charge in [-0.1, -0.05) is 22.0 Å². The molecule has 1 aromatic carbocycles. The summed E-state index contributed by atoms with van der Waals surface area (Å²) in [5.74, 6) is 0.0791. The number of carbonyl (C=O) groups is 1. The number of aryl methyl sites for hydroxylation is 1. The fraction of sp³-hybridized carbons (Fsp3) is 0.417. The fourth-order valence-corrected chi connectivity index (χ4v) is 1.88. The number of amides is 1. The van der Waals surface area contributed by atoms with Crippen LogP contribution in [0, 0.1) is 6.92 Å². The van der Waals surface area contributed by atoms with E-state index in [4.69, 9.17) is 0 Å². The highest BCUT2D eigenvalue weighted by atomic mass is 79.9. The monoisotopic (exact) mass is 269 g/mol. The Morgan fingerprint density at radius 1 is 1.47 bits per heavy atom. The van der Waals surface area contributed by atoms with Gasteiger partial charge in [0, 0.05) is 10.5 Å². The topological polar surface area (TPSA) is 29.1 Å². The van der Waals surface area contributed by atoms with Crippen LogP contribution in [-0.2, 0) is 11.2 Å². The van der Waals surface area contributed by atoms with E-state index in [0.717, 1.165) is 15.6 Å². The smallest absolute Gasteiger partial charge is 0.224 e. The van der Waals surface area contributed by atoms with Crippen LogP contribution >= 0.6 is 15.9 Å². The molecule has 0 aliphatic heterocycles. The van der Waals surface area contributed by atoms with Gasteiger partial charge in [-0.05, 0) is 44.0 Å². The molecule has 0 saturated carbocycles. The normalized spacial score (nSPS) is 10.5. The number of carbonyl (C=O) groups excluding carboxylic acids is 1. The summed E-state index contributed by atoms with van der Waals surface area (Å²) in [6, 6.07) is 6.18. The van der Waals surface area contributed by atoms with Crippen molar-refractivity contribution in [3.8, 4) is 0 Å². The molecule has 0 bridgehead atoms. The molecule has 0 heterocycles. The van der Waals surface area contributed by atoms with Crippen molar-refractivity contribution in [1.82, 2.24) is 5.32 Å². The third-order valence-electron chi connectivity index (χ3n) is 2.11. The van der Waals surface area contributed by atoms with Crippen molar-refractivity contribution in [3.05, 3.63) is 33.8 Å². The molecule has 1 aromatic rings. The van der Waals surface area contributed by atoms with Crippen LogP contribution in [-0.4, -0.2) is 11.9 Å². The molecule has 3 heteroatoms. The molecule has 0 radical (unpaired) electrons. The zero-order valence-corrected chi connectivity index (χ0v) is 10.9. The van der Waals surface area contributed by atoms with E-state index < -0.39 is 0 Å². The predicted molar refractivity (Wildman–Crippen MR) is 65.9 cm³/mol. The Labute approximate surface area is 99.2 Å². The van der Waals surface area contributed by atoms with Crippen LogP contribution in [0.15, 0.2) is 22.7 Å². The van der Waals surface area contributed by atoms with Crippen molar-refractivity contribution in [2.45, 2.75) is 33.2 Å². The Hall–Kier alpha value is -0.830. The van der Waals surface area contributed by atoms with Crippen LogP contribution < -0.4 is 5.32 Å². The summed E-state index contributed by atoms with van der Waals surface area (Å²) in [4.78, 5) is 11.5. The maximum Gasteiger partial charge on any atom is 0.224 e. The molecule has 0 aliphatic rings. The van der Waals surface area contributed by atoms with E-state index in [9.17, 15) is 4.79 Å². The highest BCUT2D eigenvalue weighted by molar-refractivity contribution is 9.10. The lowest BCUT2D eigenvalue weighted by atomic mass is 10.1. The summed E-state index contributed by atoms with van der Waals surface area (Å²) < 4.78 is 1.05. The lowest BCUT2D eigenvalue weighted by molar-refractivity contribution is -0.120. The number of rotatable bonds is 3. The van der Waals surface area contributed by atoms with E-state index in [0.29, 0.717) is 6.42 Å². The first-order chi connectivity index (χ1) is 6.99. The minimum absolute atomic E-state index is 0.0791. The van der Waals surface area contributed by atoms with Crippen molar-refractivity contribution in [1.29, 1.82) is 0 Å². The molecule has 2 nitrogen and oxygen atoms in total. The van der Waals surface area contributed by atoms with E-state index in [1.807, 2.05) is 39.0 Å². The summed E-state index contributed by atoms with van der Waals surface area (Å²) in [7, 11) is 0. The molecule has 0 aromatic heterocycles. The van der Waals surface area contributed by atoms with Crippen LogP contribution in [0.25, 0.3) is 0 Å². The molecular formula is C12H16BrNO. The van der Waals surface area contributed by atoms with Crippen LogP contribution in [0.2, 0.25) is 0 Å². The molecule has 1 amide bonds. The second-order valence-electron chi connectivity index (χ2n) is 3.97. The first-order valence-electron chi connectivity index (χ1n) is 5.03.